The number of hydrogen-bond acceptors (Lipinski definition) is 4. The van der Waals surface area contributed by atoms with Gasteiger partial charge in [-0.1, -0.05) is 0 Å². The summed E-state index contributed by atoms with van der Waals surface area (Å²) in [5.41, 5.74) is -0.0594. The first-order valence-corrected chi connectivity index (χ1v) is 6.75. The van der Waals surface area contributed by atoms with Crippen molar-refractivity contribution in [2.75, 3.05) is 6.54 Å². The van der Waals surface area contributed by atoms with Gasteiger partial charge in [-0.25, -0.2) is 13.1 Å². The van der Waals surface area contributed by atoms with Crippen LogP contribution >= 0.6 is 0 Å². The molecular weight excluding hydrogens is 242 g/mol. The number of nitrogens with zero attached hydrogens (tertiary/aromatic N) is 2. The molecule has 0 spiro atoms. The molecule has 0 unspecified atom stereocenters. The molecular formula is C10H19N3O3S. The summed E-state index contributed by atoms with van der Waals surface area (Å²) in [6.45, 7) is 6.38. The van der Waals surface area contributed by atoms with E-state index >= 15 is 0 Å². The van der Waals surface area contributed by atoms with Crippen molar-refractivity contribution in [1.82, 2.24) is 14.5 Å². The van der Waals surface area contributed by atoms with Crippen molar-refractivity contribution in [2.24, 2.45) is 7.05 Å². The van der Waals surface area contributed by atoms with Gasteiger partial charge in [-0.05, 0) is 27.7 Å². The normalized spacial score (nSPS) is 13.1. The molecule has 1 aromatic rings. The Labute approximate surface area is 102 Å². The van der Waals surface area contributed by atoms with Crippen LogP contribution in [-0.2, 0) is 17.1 Å². The highest BCUT2D eigenvalue weighted by Gasteiger charge is 2.25. The van der Waals surface area contributed by atoms with Crippen molar-refractivity contribution < 1.29 is 13.5 Å². The molecule has 17 heavy (non-hydrogen) atoms. The van der Waals surface area contributed by atoms with Crippen molar-refractivity contribution in [1.29, 1.82) is 0 Å². The van der Waals surface area contributed by atoms with E-state index in [4.69, 9.17) is 0 Å². The number of hydrogen-bond donors (Lipinski definition) is 2. The summed E-state index contributed by atoms with van der Waals surface area (Å²) in [4.78, 5) is 0.184. The Hall–Kier alpha value is -0.920. The Bertz CT molecular complexity index is 512. The average Bonchev–Trinajstić information content (AvgIpc) is 2.37. The maximum atomic E-state index is 12.1. The second-order valence-electron chi connectivity index (χ2n) is 4.76. The second-order valence-corrected chi connectivity index (χ2v) is 6.46. The molecule has 1 rings (SSSR count). The first-order valence-electron chi connectivity index (χ1n) is 5.27. The number of aliphatic hydroxyl groups is 1. The van der Waals surface area contributed by atoms with Crippen LogP contribution in [0.25, 0.3) is 0 Å². The maximum Gasteiger partial charge on any atom is 0.244 e. The van der Waals surface area contributed by atoms with Crippen molar-refractivity contribution >= 4 is 10.0 Å². The van der Waals surface area contributed by atoms with Crippen LogP contribution in [0.2, 0.25) is 0 Å². The summed E-state index contributed by atoms with van der Waals surface area (Å²) in [6.07, 6.45) is 0. The van der Waals surface area contributed by atoms with Crippen LogP contribution in [0, 0.1) is 13.8 Å². The molecule has 0 amide bonds. The summed E-state index contributed by atoms with van der Waals surface area (Å²) in [7, 11) is -1.94. The Morgan fingerprint density at radius 2 is 1.94 bits per heavy atom. The molecule has 0 bridgehead atoms. The van der Waals surface area contributed by atoms with E-state index < -0.39 is 15.6 Å². The summed E-state index contributed by atoms with van der Waals surface area (Å²) < 4.78 is 28.0. The molecule has 0 atom stereocenters. The summed E-state index contributed by atoms with van der Waals surface area (Å²) in [5.74, 6) is 0. The van der Waals surface area contributed by atoms with Gasteiger partial charge >= 0.3 is 0 Å². The lowest BCUT2D eigenvalue weighted by Gasteiger charge is -2.17. The standard InChI is InChI=1S/C10H19N3O3S/c1-7-9(8(2)13(5)12-7)17(15,16)11-6-10(3,4)14/h11,14H,6H2,1-5H3. The number of rotatable bonds is 4. The summed E-state index contributed by atoms with van der Waals surface area (Å²) in [5, 5.41) is 13.6. The smallest absolute Gasteiger partial charge is 0.244 e. The molecule has 1 aromatic heterocycles. The number of sulfonamides is 1. The van der Waals surface area contributed by atoms with Crippen LogP contribution in [-0.4, -0.2) is 35.5 Å². The van der Waals surface area contributed by atoms with Crippen molar-refractivity contribution in [2.45, 2.75) is 38.2 Å². The minimum Gasteiger partial charge on any atom is -0.389 e. The monoisotopic (exact) mass is 261 g/mol. The molecule has 6 nitrogen and oxygen atoms in total. The van der Waals surface area contributed by atoms with Gasteiger partial charge in [0, 0.05) is 13.6 Å². The van der Waals surface area contributed by atoms with Gasteiger partial charge in [0.1, 0.15) is 4.90 Å². The molecule has 0 radical (unpaired) electrons. The average molecular weight is 261 g/mol. The van der Waals surface area contributed by atoms with Gasteiger partial charge in [-0.2, -0.15) is 5.10 Å². The first-order chi connectivity index (χ1) is 7.54. The summed E-state index contributed by atoms with van der Waals surface area (Å²) >= 11 is 0. The zero-order valence-corrected chi connectivity index (χ0v) is 11.6. The summed E-state index contributed by atoms with van der Waals surface area (Å²) in [6, 6.07) is 0. The van der Waals surface area contributed by atoms with Crippen LogP contribution in [0.4, 0.5) is 0 Å². The first kappa shape index (κ1) is 14.1. The van der Waals surface area contributed by atoms with E-state index in [2.05, 4.69) is 9.82 Å². The third-order valence-corrected chi connectivity index (χ3v) is 4.06. The fraction of sp³-hybridized carbons (Fsp3) is 0.700. The minimum atomic E-state index is -3.63. The lowest BCUT2D eigenvalue weighted by Crippen LogP contribution is -2.38. The zero-order valence-electron chi connectivity index (χ0n) is 10.8. The molecule has 2 N–H and O–H groups in total. The van der Waals surface area contributed by atoms with Gasteiger partial charge < -0.3 is 5.11 Å². The minimum absolute atomic E-state index is 0.0386. The topological polar surface area (TPSA) is 84.2 Å². The Morgan fingerprint density at radius 3 is 2.29 bits per heavy atom. The number of nitrogens with one attached hydrogen (secondary N) is 1. The molecule has 0 saturated heterocycles. The predicted octanol–water partition coefficient (Wildman–Crippen LogP) is 0.0861. The highest BCUT2D eigenvalue weighted by atomic mass is 32.2. The number of aryl methyl sites for hydroxylation is 2. The van der Waals surface area contributed by atoms with E-state index in [1.54, 1.807) is 34.7 Å². The van der Waals surface area contributed by atoms with E-state index in [0.29, 0.717) is 11.4 Å². The fourth-order valence-electron chi connectivity index (χ4n) is 1.49. The van der Waals surface area contributed by atoms with Crippen LogP contribution in [0.15, 0.2) is 4.90 Å². The quantitative estimate of drug-likeness (QED) is 0.804. The molecule has 0 aliphatic heterocycles. The van der Waals surface area contributed by atoms with Crippen molar-refractivity contribution in [3.05, 3.63) is 11.4 Å². The lowest BCUT2D eigenvalue weighted by molar-refractivity contribution is 0.0857. The molecule has 7 heteroatoms. The molecule has 0 saturated carbocycles. The molecule has 0 aliphatic carbocycles. The van der Waals surface area contributed by atoms with Crippen molar-refractivity contribution in [3.8, 4) is 0 Å². The zero-order chi connectivity index (χ0) is 13.4. The number of aromatic nitrogens is 2. The largest absolute Gasteiger partial charge is 0.389 e. The molecule has 0 fully saturated rings. The third-order valence-electron chi connectivity index (χ3n) is 2.41. The second kappa shape index (κ2) is 4.40. The lowest BCUT2D eigenvalue weighted by atomic mass is 10.1. The van der Waals surface area contributed by atoms with Gasteiger partial charge in [0.25, 0.3) is 0 Å². The van der Waals surface area contributed by atoms with Gasteiger partial charge in [-0.3, -0.25) is 4.68 Å². The van der Waals surface area contributed by atoms with Gasteiger partial charge in [0.2, 0.25) is 10.0 Å². The van der Waals surface area contributed by atoms with E-state index in [-0.39, 0.29) is 11.4 Å². The van der Waals surface area contributed by atoms with Crippen LogP contribution in [0.5, 0.6) is 0 Å². The van der Waals surface area contributed by atoms with Gasteiger partial charge in [0.05, 0.1) is 17.0 Å². The third kappa shape index (κ3) is 3.27. The molecule has 0 aliphatic rings. The highest BCUT2D eigenvalue weighted by Crippen LogP contribution is 2.18. The van der Waals surface area contributed by atoms with Gasteiger partial charge in [0.15, 0.2) is 0 Å². The van der Waals surface area contributed by atoms with Crippen LogP contribution < -0.4 is 4.72 Å². The highest BCUT2D eigenvalue weighted by molar-refractivity contribution is 7.89. The maximum absolute atomic E-state index is 12.1. The van der Waals surface area contributed by atoms with Gasteiger partial charge in [-0.15, -0.1) is 0 Å². The Kier molecular flexibility index (Phi) is 3.66. The molecule has 0 aromatic carbocycles. The molecule has 98 valence electrons. The van der Waals surface area contributed by atoms with Crippen LogP contribution in [0.1, 0.15) is 25.2 Å². The molecule has 1 heterocycles. The fourth-order valence-corrected chi connectivity index (χ4v) is 3.13. The van der Waals surface area contributed by atoms with Crippen LogP contribution in [0.3, 0.4) is 0 Å². The van der Waals surface area contributed by atoms with E-state index in [0.717, 1.165) is 0 Å². The predicted molar refractivity (Wildman–Crippen MR) is 64.2 cm³/mol. The van der Waals surface area contributed by atoms with E-state index in [1.165, 1.54) is 4.68 Å². The Balaban J connectivity index is 3.06. The Morgan fingerprint density at radius 1 is 1.41 bits per heavy atom. The van der Waals surface area contributed by atoms with E-state index in [9.17, 15) is 13.5 Å². The van der Waals surface area contributed by atoms with E-state index in [1.807, 2.05) is 0 Å². The SMILES string of the molecule is Cc1nn(C)c(C)c1S(=O)(=O)NCC(C)(C)O. The van der Waals surface area contributed by atoms with Crippen molar-refractivity contribution in [3.63, 3.8) is 0 Å².